The number of nitrogens with zero attached hydrogens (tertiary/aromatic N) is 3. The molecular weight excluding hydrogens is 489 g/mol. The molecular formula is C26H29F3N4O4. The average Bonchev–Trinajstić information content (AvgIpc) is 3.03. The van der Waals surface area contributed by atoms with E-state index < -0.39 is 6.36 Å². The van der Waals surface area contributed by atoms with Crippen LogP contribution < -0.4 is 10.4 Å². The van der Waals surface area contributed by atoms with E-state index in [1.54, 1.807) is 15.7 Å². The summed E-state index contributed by atoms with van der Waals surface area (Å²) in [5, 5.41) is 10.2. The van der Waals surface area contributed by atoms with E-state index in [2.05, 4.69) is 14.7 Å². The summed E-state index contributed by atoms with van der Waals surface area (Å²) >= 11 is 0. The Bertz CT molecular complexity index is 1310. The molecule has 1 saturated heterocycles. The molecule has 2 N–H and O–H groups in total. The number of benzene rings is 1. The summed E-state index contributed by atoms with van der Waals surface area (Å²) < 4.78 is 42.7. The molecule has 0 spiro atoms. The molecule has 1 saturated carbocycles. The Hall–Kier alpha value is -3.34. The van der Waals surface area contributed by atoms with E-state index in [1.165, 1.54) is 12.1 Å². The average molecular weight is 519 g/mol. The number of pyridine rings is 1. The maximum atomic E-state index is 12.9. The van der Waals surface area contributed by atoms with Crippen LogP contribution in [0.25, 0.3) is 11.2 Å². The Morgan fingerprint density at radius 1 is 1.08 bits per heavy atom. The Labute approximate surface area is 211 Å². The van der Waals surface area contributed by atoms with Crippen molar-refractivity contribution in [1.29, 1.82) is 0 Å². The number of ether oxygens (including phenoxy) is 1. The highest BCUT2D eigenvalue weighted by atomic mass is 19.4. The highest BCUT2D eigenvalue weighted by Gasteiger charge is 2.31. The molecule has 37 heavy (non-hydrogen) atoms. The van der Waals surface area contributed by atoms with Gasteiger partial charge < -0.3 is 14.7 Å². The second-order valence-corrected chi connectivity index (χ2v) is 9.90. The lowest BCUT2D eigenvalue weighted by Crippen LogP contribution is -2.40. The Balaban J connectivity index is 1.29. The zero-order valence-corrected chi connectivity index (χ0v) is 20.2. The highest BCUT2D eigenvalue weighted by molar-refractivity contribution is 5.94. The number of carbonyl (C=O) groups excluding carboxylic acids is 1. The van der Waals surface area contributed by atoms with Gasteiger partial charge in [-0.1, -0.05) is 12.8 Å². The summed E-state index contributed by atoms with van der Waals surface area (Å²) in [6.07, 6.45) is 2.30. The Kier molecular flexibility index (Phi) is 6.98. The summed E-state index contributed by atoms with van der Waals surface area (Å²) in [4.78, 5) is 34.7. The number of rotatable bonds is 4. The fourth-order valence-electron chi connectivity index (χ4n) is 5.55. The van der Waals surface area contributed by atoms with Crippen molar-refractivity contribution in [3.05, 3.63) is 58.1 Å². The van der Waals surface area contributed by atoms with Crippen LogP contribution in [-0.4, -0.2) is 56.0 Å². The molecule has 2 fully saturated rings. The van der Waals surface area contributed by atoms with Gasteiger partial charge in [0.2, 0.25) is 0 Å². The number of H-pyrrole nitrogens is 1. The number of alkyl halides is 3. The van der Waals surface area contributed by atoms with Crippen LogP contribution in [0.2, 0.25) is 0 Å². The van der Waals surface area contributed by atoms with Gasteiger partial charge in [0.25, 0.3) is 5.91 Å². The molecule has 3 aromatic rings. The zero-order chi connectivity index (χ0) is 26.2. The number of fused-ring (bicyclic) bond motifs is 1. The van der Waals surface area contributed by atoms with E-state index in [-0.39, 0.29) is 41.0 Å². The molecule has 0 radical (unpaired) electrons. The Morgan fingerprint density at radius 2 is 1.78 bits per heavy atom. The smallest absolute Gasteiger partial charge is 0.406 e. The number of halogens is 3. The highest BCUT2D eigenvalue weighted by Crippen LogP contribution is 2.33. The standard InChI is InChI=1S/C26H29F3N4O4/c27-26(28,29)37-21-7-5-16(6-8-21)24(35)32-11-9-19(10-12-32)33-22-14-18(15-30-23(22)31-25(33)36)17-3-1-2-4-20(34)13-17/h5-8,14-15,17,19-20,34H,1-4,9-13H2,(H,30,31,36)/t17-,20-/m0/s1. The number of likely N-dealkylation sites (tertiary alicyclic amines) is 1. The van der Waals surface area contributed by atoms with Crippen molar-refractivity contribution in [3.63, 3.8) is 0 Å². The molecule has 1 aliphatic heterocycles. The van der Waals surface area contributed by atoms with Gasteiger partial charge in [0, 0.05) is 30.9 Å². The molecule has 1 aromatic carbocycles. The number of carbonyl (C=O) groups is 1. The van der Waals surface area contributed by atoms with E-state index in [9.17, 15) is 27.9 Å². The first-order valence-corrected chi connectivity index (χ1v) is 12.6. The van der Waals surface area contributed by atoms with Gasteiger partial charge in [0.15, 0.2) is 5.65 Å². The van der Waals surface area contributed by atoms with Gasteiger partial charge in [0.1, 0.15) is 5.75 Å². The number of aliphatic hydroxyl groups excluding tert-OH is 1. The molecule has 0 unspecified atom stereocenters. The summed E-state index contributed by atoms with van der Waals surface area (Å²) in [7, 11) is 0. The van der Waals surface area contributed by atoms with Crippen LogP contribution >= 0.6 is 0 Å². The van der Waals surface area contributed by atoms with Crippen LogP contribution in [0.15, 0.2) is 41.3 Å². The van der Waals surface area contributed by atoms with Gasteiger partial charge in [-0.25, -0.2) is 9.78 Å². The van der Waals surface area contributed by atoms with Crippen molar-refractivity contribution in [2.24, 2.45) is 0 Å². The molecule has 2 atom stereocenters. The van der Waals surface area contributed by atoms with E-state index >= 15 is 0 Å². The van der Waals surface area contributed by atoms with Gasteiger partial charge in [0.05, 0.1) is 11.6 Å². The molecule has 2 aliphatic rings. The zero-order valence-electron chi connectivity index (χ0n) is 20.2. The number of hydrogen-bond acceptors (Lipinski definition) is 5. The topological polar surface area (TPSA) is 100 Å². The van der Waals surface area contributed by atoms with Gasteiger partial charge >= 0.3 is 12.1 Å². The predicted octanol–water partition coefficient (Wildman–Crippen LogP) is 4.51. The third kappa shape index (κ3) is 5.66. The SMILES string of the molecule is O=C(c1ccc(OC(F)(F)F)cc1)N1CCC(n2c(=O)[nH]c3ncc([C@H]4CCCC[C@H](O)C4)cc32)CC1. The van der Waals surface area contributed by atoms with Crippen molar-refractivity contribution in [1.82, 2.24) is 19.4 Å². The van der Waals surface area contributed by atoms with Gasteiger partial charge in [-0.05, 0) is 73.9 Å². The van der Waals surface area contributed by atoms with Crippen molar-refractivity contribution < 1.29 is 27.8 Å². The van der Waals surface area contributed by atoms with Crippen LogP contribution in [0.4, 0.5) is 13.2 Å². The quantitative estimate of drug-likeness (QED) is 0.495. The summed E-state index contributed by atoms with van der Waals surface area (Å²) in [6.45, 7) is 0.816. The van der Waals surface area contributed by atoms with Crippen molar-refractivity contribution >= 4 is 17.1 Å². The molecule has 5 rings (SSSR count). The molecule has 11 heteroatoms. The van der Waals surface area contributed by atoms with Gasteiger partial charge in [-0.3, -0.25) is 14.3 Å². The first-order chi connectivity index (χ1) is 17.7. The van der Waals surface area contributed by atoms with Crippen LogP contribution in [0.5, 0.6) is 5.75 Å². The van der Waals surface area contributed by atoms with E-state index in [4.69, 9.17) is 0 Å². The second kappa shape index (κ2) is 10.2. The van der Waals surface area contributed by atoms with E-state index in [0.29, 0.717) is 38.0 Å². The second-order valence-electron chi connectivity index (χ2n) is 9.90. The van der Waals surface area contributed by atoms with Crippen LogP contribution in [0.1, 0.15) is 72.8 Å². The third-order valence-electron chi connectivity index (χ3n) is 7.41. The maximum Gasteiger partial charge on any atom is 0.573 e. The number of aromatic amines is 1. The van der Waals surface area contributed by atoms with Gasteiger partial charge in [-0.2, -0.15) is 0 Å². The molecule has 3 heterocycles. The minimum Gasteiger partial charge on any atom is -0.406 e. The molecule has 198 valence electrons. The van der Waals surface area contributed by atoms with Gasteiger partial charge in [-0.15, -0.1) is 13.2 Å². The lowest BCUT2D eigenvalue weighted by atomic mass is 9.92. The third-order valence-corrected chi connectivity index (χ3v) is 7.41. The first kappa shape index (κ1) is 25.3. The summed E-state index contributed by atoms with van der Waals surface area (Å²) in [6, 6.07) is 6.76. The van der Waals surface area contributed by atoms with Crippen LogP contribution in [0.3, 0.4) is 0 Å². The van der Waals surface area contributed by atoms with Crippen molar-refractivity contribution in [3.8, 4) is 5.75 Å². The monoisotopic (exact) mass is 518 g/mol. The molecule has 1 amide bonds. The normalized spacial score (nSPS) is 21.7. The fourth-order valence-corrected chi connectivity index (χ4v) is 5.55. The van der Waals surface area contributed by atoms with Crippen LogP contribution in [0, 0.1) is 0 Å². The lowest BCUT2D eigenvalue weighted by molar-refractivity contribution is -0.274. The number of imidazole rings is 1. The van der Waals surface area contributed by atoms with E-state index in [0.717, 1.165) is 48.9 Å². The number of nitrogens with one attached hydrogen (secondary N) is 1. The minimum absolute atomic E-state index is 0.121. The molecule has 8 nitrogen and oxygen atoms in total. The molecule has 1 aliphatic carbocycles. The number of aliphatic hydroxyl groups is 1. The molecule has 0 bridgehead atoms. The summed E-state index contributed by atoms with van der Waals surface area (Å²) in [5.41, 5.74) is 2.29. The lowest BCUT2D eigenvalue weighted by Gasteiger charge is -2.32. The number of hydrogen-bond donors (Lipinski definition) is 2. The summed E-state index contributed by atoms with van der Waals surface area (Å²) in [5.74, 6) is -0.466. The number of amides is 1. The van der Waals surface area contributed by atoms with Crippen molar-refractivity contribution in [2.75, 3.05) is 13.1 Å². The number of aromatic nitrogens is 3. The maximum absolute atomic E-state index is 12.9. The van der Waals surface area contributed by atoms with E-state index in [1.807, 2.05) is 6.07 Å². The number of piperidine rings is 1. The van der Waals surface area contributed by atoms with Crippen molar-refractivity contribution in [2.45, 2.75) is 69.4 Å². The fraction of sp³-hybridized carbons (Fsp3) is 0.500. The minimum atomic E-state index is -4.79. The Morgan fingerprint density at radius 3 is 2.49 bits per heavy atom. The molecule has 2 aromatic heterocycles. The predicted molar refractivity (Wildman–Crippen MR) is 129 cm³/mol. The van der Waals surface area contributed by atoms with Crippen LogP contribution in [-0.2, 0) is 0 Å². The first-order valence-electron chi connectivity index (χ1n) is 12.6. The largest absolute Gasteiger partial charge is 0.573 e.